The van der Waals surface area contributed by atoms with Crippen LogP contribution in [-0.2, 0) is 12.0 Å². The Morgan fingerprint density at radius 3 is 2.40 bits per heavy atom. The van der Waals surface area contributed by atoms with E-state index in [4.69, 9.17) is 0 Å². The summed E-state index contributed by atoms with van der Waals surface area (Å²) in [4.78, 5) is 18.2. The van der Waals surface area contributed by atoms with Crippen LogP contribution < -0.4 is 4.90 Å². The Balaban J connectivity index is 1.85. The molecule has 1 amide bonds. The predicted molar refractivity (Wildman–Crippen MR) is 120 cm³/mol. The molecule has 4 rings (SSSR count). The number of aromatic hydroxyl groups is 1. The number of fused-ring (bicyclic) bond motifs is 2. The summed E-state index contributed by atoms with van der Waals surface area (Å²) in [5, 5.41) is 23.1. The number of phenols is 1. The van der Waals surface area contributed by atoms with E-state index in [9.17, 15) is 15.0 Å². The van der Waals surface area contributed by atoms with Crippen LogP contribution in [0.4, 0.5) is 10.5 Å². The molecule has 1 aromatic heterocycles. The Kier molecular flexibility index (Phi) is 4.82. The second-order valence-corrected chi connectivity index (χ2v) is 8.45. The molecule has 152 valence electrons. The summed E-state index contributed by atoms with van der Waals surface area (Å²) in [6.07, 6.45) is -1.06. The highest BCUT2D eigenvalue weighted by molar-refractivity contribution is 6.02. The van der Waals surface area contributed by atoms with E-state index in [0.717, 1.165) is 22.0 Å². The molecule has 1 heterocycles. The highest BCUT2D eigenvalue weighted by atomic mass is 16.4. The lowest BCUT2D eigenvalue weighted by molar-refractivity contribution is 0.201. The first-order valence-electron chi connectivity index (χ1n) is 9.86. The van der Waals surface area contributed by atoms with Crippen molar-refractivity contribution >= 4 is 33.5 Å². The van der Waals surface area contributed by atoms with Gasteiger partial charge in [0.05, 0.1) is 12.2 Å². The largest absolute Gasteiger partial charge is 0.506 e. The molecule has 0 saturated carbocycles. The van der Waals surface area contributed by atoms with E-state index >= 15 is 0 Å². The maximum atomic E-state index is 12.2. The normalized spacial score (nSPS) is 11.7. The van der Waals surface area contributed by atoms with Crippen LogP contribution >= 0.6 is 0 Å². The number of carboxylic acid groups (broad SMARTS) is 1. The van der Waals surface area contributed by atoms with Crippen molar-refractivity contribution in [2.45, 2.75) is 32.7 Å². The standard InChI is InChI=1S/C25H24N2O3/c1-25(2,3)22-14-11-19-20(12-13-21(28)23(19)26-22)27(24(29)30)15-17-9-6-8-16-7-4-5-10-18(16)17/h4-14,28H,15H2,1-3H3,(H,29,30). The minimum atomic E-state index is -1.06. The van der Waals surface area contributed by atoms with Crippen molar-refractivity contribution in [1.82, 2.24) is 4.98 Å². The lowest BCUT2D eigenvalue weighted by atomic mass is 9.91. The fourth-order valence-corrected chi connectivity index (χ4v) is 3.70. The summed E-state index contributed by atoms with van der Waals surface area (Å²) >= 11 is 0. The number of hydrogen-bond acceptors (Lipinski definition) is 3. The SMILES string of the molecule is CC(C)(C)c1ccc2c(N(Cc3cccc4ccccc34)C(=O)O)ccc(O)c2n1. The quantitative estimate of drug-likeness (QED) is 0.437. The lowest BCUT2D eigenvalue weighted by Crippen LogP contribution is -2.29. The molecule has 4 aromatic rings. The molecule has 0 bridgehead atoms. The van der Waals surface area contributed by atoms with Crippen LogP contribution in [0.25, 0.3) is 21.7 Å². The van der Waals surface area contributed by atoms with Gasteiger partial charge in [0.15, 0.2) is 0 Å². The molecule has 0 aliphatic carbocycles. The van der Waals surface area contributed by atoms with E-state index in [1.165, 1.54) is 11.0 Å². The summed E-state index contributed by atoms with van der Waals surface area (Å²) in [6, 6.07) is 20.7. The minimum absolute atomic E-state index is 0.0374. The van der Waals surface area contributed by atoms with Crippen molar-refractivity contribution in [3.63, 3.8) is 0 Å². The summed E-state index contributed by atoms with van der Waals surface area (Å²) in [6.45, 7) is 6.34. The van der Waals surface area contributed by atoms with E-state index in [1.54, 1.807) is 6.07 Å². The zero-order valence-electron chi connectivity index (χ0n) is 17.3. The Hall–Kier alpha value is -3.60. The fourth-order valence-electron chi connectivity index (χ4n) is 3.70. The van der Waals surface area contributed by atoms with Gasteiger partial charge in [0.2, 0.25) is 0 Å². The number of nitrogens with zero attached hydrogens (tertiary/aromatic N) is 2. The molecule has 0 radical (unpaired) electrons. The number of carbonyl (C=O) groups is 1. The number of phenolic OH excluding ortho intramolecular Hbond substituents is 1. The first-order chi connectivity index (χ1) is 14.3. The number of aromatic nitrogens is 1. The number of rotatable bonds is 3. The molecule has 0 atom stereocenters. The van der Waals surface area contributed by atoms with Crippen LogP contribution in [0, 0.1) is 0 Å². The van der Waals surface area contributed by atoms with Gasteiger partial charge in [-0.25, -0.2) is 9.78 Å². The number of hydrogen-bond donors (Lipinski definition) is 2. The highest BCUT2D eigenvalue weighted by Gasteiger charge is 2.22. The molecular formula is C25H24N2O3. The molecule has 0 aliphatic rings. The van der Waals surface area contributed by atoms with Crippen molar-refractivity contribution in [3.05, 3.63) is 78.0 Å². The number of benzene rings is 3. The average molecular weight is 400 g/mol. The summed E-state index contributed by atoms with van der Waals surface area (Å²) in [5.74, 6) is 0.0374. The molecule has 0 fully saturated rings. The maximum Gasteiger partial charge on any atom is 0.412 e. The molecule has 3 aromatic carbocycles. The number of amides is 1. The zero-order chi connectivity index (χ0) is 21.5. The Labute approximate surface area is 175 Å². The van der Waals surface area contributed by atoms with Crippen LogP contribution in [0.3, 0.4) is 0 Å². The van der Waals surface area contributed by atoms with Gasteiger partial charge in [0.25, 0.3) is 0 Å². The zero-order valence-corrected chi connectivity index (χ0v) is 17.3. The van der Waals surface area contributed by atoms with Crippen molar-refractivity contribution < 1.29 is 15.0 Å². The summed E-state index contributed by atoms with van der Waals surface area (Å²) in [7, 11) is 0. The molecule has 30 heavy (non-hydrogen) atoms. The third-order valence-electron chi connectivity index (χ3n) is 5.31. The average Bonchev–Trinajstić information content (AvgIpc) is 2.72. The van der Waals surface area contributed by atoms with E-state index in [-0.39, 0.29) is 17.7 Å². The molecule has 2 N–H and O–H groups in total. The van der Waals surface area contributed by atoms with Gasteiger partial charge in [-0.05, 0) is 40.6 Å². The van der Waals surface area contributed by atoms with Crippen molar-refractivity contribution in [2.75, 3.05) is 4.90 Å². The molecule has 5 heteroatoms. The number of anilines is 1. The molecule has 0 unspecified atom stereocenters. The molecule has 5 nitrogen and oxygen atoms in total. The summed E-state index contributed by atoms with van der Waals surface area (Å²) < 4.78 is 0. The van der Waals surface area contributed by atoms with Gasteiger partial charge in [-0.1, -0.05) is 63.2 Å². The monoisotopic (exact) mass is 400 g/mol. The van der Waals surface area contributed by atoms with Gasteiger partial charge in [-0.15, -0.1) is 0 Å². The fraction of sp³-hybridized carbons (Fsp3) is 0.200. The van der Waals surface area contributed by atoms with E-state index in [0.29, 0.717) is 16.6 Å². The Morgan fingerprint density at radius 2 is 1.67 bits per heavy atom. The van der Waals surface area contributed by atoms with E-state index in [2.05, 4.69) is 4.98 Å². The van der Waals surface area contributed by atoms with Crippen molar-refractivity contribution in [3.8, 4) is 5.75 Å². The smallest absolute Gasteiger partial charge is 0.412 e. The Morgan fingerprint density at radius 1 is 0.933 bits per heavy atom. The molecule has 0 aliphatic heterocycles. The first kappa shape index (κ1) is 19.7. The van der Waals surface area contributed by atoms with Crippen LogP contribution in [0.5, 0.6) is 5.75 Å². The highest BCUT2D eigenvalue weighted by Crippen LogP contribution is 2.35. The van der Waals surface area contributed by atoms with Gasteiger partial charge in [0.1, 0.15) is 11.3 Å². The van der Waals surface area contributed by atoms with Gasteiger partial charge in [-0.3, -0.25) is 4.90 Å². The van der Waals surface area contributed by atoms with Crippen molar-refractivity contribution in [2.24, 2.45) is 0 Å². The molecule has 0 spiro atoms. The minimum Gasteiger partial charge on any atom is -0.506 e. The van der Waals surface area contributed by atoms with Crippen LogP contribution in [-0.4, -0.2) is 21.3 Å². The second kappa shape index (κ2) is 7.34. The van der Waals surface area contributed by atoms with Gasteiger partial charge in [0, 0.05) is 16.5 Å². The van der Waals surface area contributed by atoms with Crippen molar-refractivity contribution in [1.29, 1.82) is 0 Å². The molecular weight excluding hydrogens is 376 g/mol. The lowest BCUT2D eigenvalue weighted by Gasteiger charge is -2.23. The van der Waals surface area contributed by atoms with Gasteiger partial charge >= 0.3 is 6.09 Å². The third kappa shape index (κ3) is 3.54. The van der Waals surface area contributed by atoms with E-state index < -0.39 is 6.09 Å². The topological polar surface area (TPSA) is 73.7 Å². The van der Waals surface area contributed by atoms with Gasteiger partial charge < -0.3 is 10.2 Å². The Bertz CT molecular complexity index is 1250. The first-order valence-corrected chi connectivity index (χ1v) is 9.86. The molecule has 0 saturated heterocycles. The van der Waals surface area contributed by atoms with E-state index in [1.807, 2.05) is 75.4 Å². The summed E-state index contributed by atoms with van der Waals surface area (Å²) in [5.41, 5.74) is 2.46. The van der Waals surface area contributed by atoms with Gasteiger partial charge in [-0.2, -0.15) is 0 Å². The van der Waals surface area contributed by atoms with Crippen LogP contribution in [0.2, 0.25) is 0 Å². The maximum absolute atomic E-state index is 12.2. The number of pyridine rings is 1. The third-order valence-corrected chi connectivity index (χ3v) is 5.31. The van der Waals surface area contributed by atoms with Crippen LogP contribution in [0.1, 0.15) is 32.0 Å². The second-order valence-electron chi connectivity index (χ2n) is 8.45. The van der Waals surface area contributed by atoms with Crippen LogP contribution in [0.15, 0.2) is 66.7 Å². The predicted octanol–water partition coefficient (Wildman–Crippen LogP) is 6.08.